The van der Waals surface area contributed by atoms with Crippen LogP contribution >= 0.6 is 0 Å². The van der Waals surface area contributed by atoms with E-state index >= 15 is 0 Å². The number of amides is 1. The summed E-state index contributed by atoms with van der Waals surface area (Å²) in [6, 6.07) is 9.37. The zero-order valence-corrected chi connectivity index (χ0v) is 14.9. The third kappa shape index (κ3) is 6.43. The summed E-state index contributed by atoms with van der Waals surface area (Å²) in [5, 5.41) is 11.7. The van der Waals surface area contributed by atoms with Crippen LogP contribution in [-0.2, 0) is 16.0 Å². The molecule has 0 bridgehead atoms. The number of nitrogens with zero attached hydrogens (tertiary/aromatic N) is 1. The fraction of sp³-hybridized carbons (Fsp3) is 0.316. The molecular formula is C19H22N2O5. The van der Waals surface area contributed by atoms with Crippen molar-refractivity contribution in [3.05, 3.63) is 54.4 Å². The van der Waals surface area contributed by atoms with Crippen LogP contribution in [0.5, 0.6) is 11.5 Å². The number of carboxylic acids is 1. The van der Waals surface area contributed by atoms with E-state index < -0.39 is 23.7 Å². The number of aromatic nitrogens is 1. The normalized spacial score (nSPS) is 12.1. The van der Waals surface area contributed by atoms with E-state index in [0.717, 1.165) is 5.56 Å². The van der Waals surface area contributed by atoms with Gasteiger partial charge in [0.1, 0.15) is 23.1 Å². The number of aliphatic carboxylic acids is 1. The zero-order valence-electron chi connectivity index (χ0n) is 14.9. The van der Waals surface area contributed by atoms with Gasteiger partial charge < -0.3 is 19.9 Å². The Labute approximate surface area is 152 Å². The van der Waals surface area contributed by atoms with Crippen LogP contribution in [0, 0.1) is 0 Å². The van der Waals surface area contributed by atoms with Crippen molar-refractivity contribution in [2.45, 2.75) is 38.8 Å². The summed E-state index contributed by atoms with van der Waals surface area (Å²) in [6.45, 7) is 5.14. The summed E-state index contributed by atoms with van der Waals surface area (Å²) in [5.74, 6) is 0.141. The van der Waals surface area contributed by atoms with Crippen molar-refractivity contribution in [1.82, 2.24) is 10.3 Å². The van der Waals surface area contributed by atoms with E-state index in [-0.39, 0.29) is 6.42 Å². The van der Waals surface area contributed by atoms with Crippen LogP contribution in [0.1, 0.15) is 26.3 Å². The number of carbonyl (C=O) groups is 2. The average Bonchev–Trinajstić information content (AvgIpc) is 2.55. The van der Waals surface area contributed by atoms with Gasteiger partial charge in [0, 0.05) is 18.8 Å². The second-order valence-electron chi connectivity index (χ2n) is 6.67. The molecule has 1 heterocycles. The molecule has 0 fully saturated rings. The number of ether oxygens (including phenoxy) is 2. The summed E-state index contributed by atoms with van der Waals surface area (Å²) in [5.41, 5.74) is 0.0505. The standard InChI is InChI=1S/C19H22N2O5/c1-19(2,3)26-18(24)21-16(17(22)23)12-13-4-6-14(7-5-13)25-15-8-10-20-11-9-15/h4-11,16H,12H2,1-3H3,(H,21,24)(H,22,23)/t16-/m0/s1. The molecular weight excluding hydrogens is 336 g/mol. The Morgan fingerprint density at radius 1 is 1.08 bits per heavy atom. The summed E-state index contributed by atoms with van der Waals surface area (Å²) >= 11 is 0. The molecule has 7 heteroatoms. The fourth-order valence-electron chi connectivity index (χ4n) is 2.12. The molecule has 1 amide bonds. The third-order valence-corrected chi connectivity index (χ3v) is 3.24. The summed E-state index contributed by atoms with van der Waals surface area (Å²) in [7, 11) is 0. The van der Waals surface area contributed by atoms with E-state index in [4.69, 9.17) is 9.47 Å². The minimum Gasteiger partial charge on any atom is -0.480 e. The van der Waals surface area contributed by atoms with E-state index in [1.165, 1.54) is 0 Å². The second kappa shape index (κ2) is 8.33. The number of hydrogen-bond acceptors (Lipinski definition) is 5. The molecule has 0 spiro atoms. The number of benzene rings is 1. The Morgan fingerprint density at radius 3 is 2.19 bits per heavy atom. The lowest BCUT2D eigenvalue weighted by Gasteiger charge is -2.22. The molecule has 26 heavy (non-hydrogen) atoms. The highest BCUT2D eigenvalue weighted by atomic mass is 16.6. The SMILES string of the molecule is CC(C)(C)OC(=O)N[C@@H](Cc1ccc(Oc2ccncc2)cc1)C(=O)O. The van der Waals surface area contributed by atoms with Crippen LogP contribution in [0.15, 0.2) is 48.8 Å². The number of rotatable bonds is 6. The van der Waals surface area contributed by atoms with E-state index in [1.54, 1.807) is 69.6 Å². The molecule has 2 rings (SSSR count). The summed E-state index contributed by atoms with van der Waals surface area (Å²) in [6.07, 6.45) is 2.62. The number of nitrogens with one attached hydrogen (secondary N) is 1. The van der Waals surface area contributed by atoms with Gasteiger partial charge in [0.15, 0.2) is 0 Å². The first-order valence-electron chi connectivity index (χ1n) is 8.12. The monoisotopic (exact) mass is 358 g/mol. The van der Waals surface area contributed by atoms with Crippen molar-refractivity contribution in [3.8, 4) is 11.5 Å². The highest BCUT2D eigenvalue weighted by Crippen LogP contribution is 2.21. The molecule has 0 unspecified atom stereocenters. The summed E-state index contributed by atoms with van der Waals surface area (Å²) < 4.78 is 10.8. The average molecular weight is 358 g/mol. The first-order chi connectivity index (χ1) is 12.2. The van der Waals surface area contributed by atoms with Crippen molar-refractivity contribution >= 4 is 12.1 Å². The Hall–Kier alpha value is -3.09. The Balaban J connectivity index is 1.98. The maximum absolute atomic E-state index is 11.8. The highest BCUT2D eigenvalue weighted by Gasteiger charge is 2.24. The summed E-state index contributed by atoms with van der Waals surface area (Å²) in [4.78, 5) is 27.1. The van der Waals surface area contributed by atoms with Gasteiger partial charge in [0.2, 0.25) is 0 Å². The van der Waals surface area contributed by atoms with E-state index in [0.29, 0.717) is 11.5 Å². The minimum absolute atomic E-state index is 0.129. The molecule has 2 N–H and O–H groups in total. The maximum atomic E-state index is 11.8. The van der Waals surface area contributed by atoms with Gasteiger partial charge in [0.05, 0.1) is 0 Å². The molecule has 0 aliphatic carbocycles. The topological polar surface area (TPSA) is 97.8 Å². The van der Waals surface area contributed by atoms with Gasteiger partial charge in [-0.25, -0.2) is 9.59 Å². The molecule has 0 aliphatic rings. The molecule has 0 saturated heterocycles. The van der Waals surface area contributed by atoms with Gasteiger partial charge in [-0.2, -0.15) is 0 Å². The molecule has 0 saturated carbocycles. The Bertz CT molecular complexity index is 739. The van der Waals surface area contributed by atoms with E-state index in [1.807, 2.05) is 0 Å². The maximum Gasteiger partial charge on any atom is 0.408 e. The van der Waals surface area contributed by atoms with Crippen LogP contribution in [0.25, 0.3) is 0 Å². The smallest absolute Gasteiger partial charge is 0.408 e. The highest BCUT2D eigenvalue weighted by molar-refractivity contribution is 5.80. The zero-order chi connectivity index (χ0) is 19.2. The number of alkyl carbamates (subject to hydrolysis) is 1. The van der Waals surface area contributed by atoms with Crippen molar-refractivity contribution in [2.24, 2.45) is 0 Å². The second-order valence-corrected chi connectivity index (χ2v) is 6.67. The predicted molar refractivity (Wildman–Crippen MR) is 95.3 cm³/mol. The lowest BCUT2D eigenvalue weighted by molar-refractivity contribution is -0.139. The molecule has 0 aliphatic heterocycles. The van der Waals surface area contributed by atoms with Crippen LogP contribution in [-0.4, -0.2) is 33.8 Å². The molecule has 1 atom stereocenters. The number of pyridine rings is 1. The van der Waals surface area contributed by atoms with Gasteiger partial charge in [-0.3, -0.25) is 4.98 Å². The minimum atomic E-state index is -1.13. The van der Waals surface area contributed by atoms with E-state index in [9.17, 15) is 14.7 Å². The Morgan fingerprint density at radius 2 is 1.65 bits per heavy atom. The lowest BCUT2D eigenvalue weighted by Crippen LogP contribution is -2.44. The fourth-order valence-corrected chi connectivity index (χ4v) is 2.12. The predicted octanol–water partition coefficient (Wildman–Crippen LogP) is 3.39. The van der Waals surface area contributed by atoms with Crippen molar-refractivity contribution in [3.63, 3.8) is 0 Å². The molecule has 1 aromatic heterocycles. The number of carboxylic acid groups (broad SMARTS) is 1. The van der Waals surface area contributed by atoms with Gasteiger partial charge >= 0.3 is 12.1 Å². The van der Waals surface area contributed by atoms with E-state index in [2.05, 4.69) is 10.3 Å². The van der Waals surface area contributed by atoms with Gasteiger partial charge in [-0.15, -0.1) is 0 Å². The van der Waals surface area contributed by atoms with Crippen molar-refractivity contribution in [2.75, 3.05) is 0 Å². The van der Waals surface area contributed by atoms with Crippen molar-refractivity contribution < 1.29 is 24.2 Å². The first-order valence-corrected chi connectivity index (χ1v) is 8.12. The number of carbonyl (C=O) groups excluding carboxylic acids is 1. The molecule has 7 nitrogen and oxygen atoms in total. The van der Waals surface area contributed by atoms with Crippen LogP contribution in [0.4, 0.5) is 4.79 Å². The lowest BCUT2D eigenvalue weighted by atomic mass is 10.1. The van der Waals surface area contributed by atoms with Crippen LogP contribution in [0.3, 0.4) is 0 Å². The van der Waals surface area contributed by atoms with Crippen LogP contribution < -0.4 is 10.1 Å². The third-order valence-electron chi connectivity index (χ3n) is 3.24. The van der Waals surface area contributed by atoms with Gasteiger partial charge in [0.25, 0.3) is 0 Å². The largest absolute Gasteiger partial charge is 0.480 e. The number of hydrogen-bond donors (Lipinski definition) is 2. The first kappa shape index (κ1) is 19.2. The molecule has 0 radical (unpaired) electrons. The van der Waals surface area contributed by atoms with Gasteiger partial charge in [-0.05, 0) is 50.6 Å². The van der Waals surface area contributed by atoms with Crippen molar-refractivity contribution in [1.29, 1.82) is 0 Å². The molecule has 1 aromatic carbocycles. The van der Waals surface area contributed by atoms with Crippen LogP contribution in [0.2, 0.25) is 0 Å². The Kier molecular flexibility index (Phi) is 6.16. The molecule has 2 aromatic rings. The quantitative estimate of drug-likeness (QED) is 0.821. The molecule has 138 valence electrons. The van der Waals surface area contributed by atoms with Gasteiger partial charge in [-0.1, -0.05) is 12.1 Å².